The summed E-state index contributed by atoms with van der Waals surface area (Å²) in [4.78, 5) is 13.5. The zero-order valence-electron chi connectivity index (χ0n) is 20.2. The normalized spacial score (nSPS) is 11.2. The molecule has 0 fully saturated rings. The number of aliphatic hydroxyl groups excluding tert-OH is 1. The lowest BCUT2D eigenvalue weighted by atomic mass is 10.1. The van der Waals surface area contributed by atoms with Crippen LogP contribution in [-0.2, 0) is 22.8 Å². The van der Waals surface area contributed by atoms with E-state index in [9.17, 15) is 8.42 Å². The van der Waals surface area contributed by atoms with Crippen molar-refractivity contribution < 1.29 is 13.5 Å². The third kappa shape index (κ3) is 7.26. The molecule has 2 aromatic heterocycles. The van der Waals surface area contributed by atoms with Crippen LogP contribution in [0.2, 0.25) is 5.02 Å². The summed E-state index contributed by atoms with van der Waals surface area (Å²) in [5.74, 6) is 6.61. The van der Waals surface area contributed by atoms with Gasteiger partial charge in [-0.05, 0) is 42.5 Å². The predicted molar refractivity (Wildman–Crippen MR) is 146 cm³/mol. The van der Waals surface area contributed by atoms with E-state index in [1.54, 1.807) is 6.20 Å². The van der Waals surface area contributed by atoms with E-state index >= 15 is 0 Å². The first kappa shape index (κ1) is 26.6. The summed E-state index contributed by atoms with van der Waals surface area (Å²) in [5, 5.41) is 9.55. The molecule has 190 valence electrons. The molecule has 0 bridgehead atoms. The van der Waals surface area contributed by atoms with Gasteiger partial charge in [0, 0.05) is 29.7 Å². The summed E-state index contributed by atoms with van der Waals surface area (Å²) < 4.78 is 25.8. The van der Waals surface area contributed by atoms with Crippen molar-refractivity contribution in [1.29, 1.82) is 0 Å². The summed E-state index contributed by atoms with van der Waals surface area (Å²) in [6, 6.07) is 19.5. The first-order chi connectivity index (χ1) is 18.0. The standard InChI is InChI=1S/C28H27ClN4O3S/c29-24-12-10-23(11-13-24)27-28(25-14-16-30-21-31-25)33(17-15-22-7-3-1-4-8-22)26(32-27)9-5-2-6-19-37(35,36)20-18-34/h1,3-4,7-8,10-14,16,21,34H,2,6,15,17-20H2. The first-order valence-electron chi connectivity index (χ1n) is 11.9. The number of nitrogens with zero attached hydrogens (tertiary/aromatic N) is 4. The molecule has 37 heavy (non-hydrogen) atoms. The monoisotopic (exact) mass is 534 g/mol. The molecular weight excluding hydrogens is 508 g/mol. The van der Waals surface area contributed by atoms with E-state index in [-0.39, 0.29) is 18.1 Å². The van der Waals surface area contributed by atoms with Gasteiger partial charge in [0.2, 0.25) is 0 Å². The number of hydrogen-bond donors (Lipinski definition) is 1. The molecule has 1 N–H and O–H groups in total. The minimum absolute atomic E-state index is 0.00705. The van der Waals surface area contributed by atoms with Gasteiger partial charge >= 0.3 is 0 Å². The van der Waals surface area contributed by atoms with Gasteiger partial charge in [-0.15, -0.1) is 0 Å². The first-order valence-corrected chi connectivity index (χ1v) is 14.1. The van der Waals surface area contributed by atoms with E-state index in [0.29, 0.717) is 30.2 Å². The smallest absolute Gasteiger partial charge is 0.186 e. The Hall–Kier alpha value is -3.51. The fourth-order valence-corrected chi connectivity index (χ4v) is 5.11. The molecule has 2 heterocycles. The number of imidazole rings is 1. The highest BCUT2D eigenvalue weighted by Gasteiger charge is 2.20. The van der Waals surface area contributed by atoms with Gasteiger partial charge in [-0.25, -0.2) is 23.4 Å². The van der Waals surface area contributed by atoms with Crippen LogP contribution in [0.25, 0.3) is 22.6 Å². The third-order valence-corrected chi connectivity index (χ3v) is 7.70. The topological polar surface area (TPSA) is 98.0 Å². The minimum atomic E-state index is -3.27. The molecule has 0 atom stereocenters. The molecule has 0 spiro atoms. The summed E-state index contributed by atoms with van der Waals surface area (Å²) in [5.41, 5.74) is 4.36. The summed E-state index contributed by atoms with van der Waals surface area (Å²) in [7, 11) is -3.27. The zero-order valence-corrected chi connectivity index (χ0v) is 21.8. The van der Waals surface area contributed by atoms with Crippen LogP contribution in [0.15, 0.2) is 73.2 Å². The van der Waals surface area contributed by atoms with Crippen molar-refractivity contribution in [3.63, 3.8) is 0 Å². The summed E-state index contributed by atoms with van der Waals surface area (Å²) >= 11 is 6.13. The van der Waals surface area contributed by atoms with Crippen LogP contribution in [0.5, 0.6) is 0 Å². The number of sulfone groups is 1. The van der Waals surface area contributed by atoms with Gasteiger partial charge in [0.25, 0.3) is 0 Å². The van der Waals surface area contributed by atoms with Crippen molar-refractivity contribution in [3.05, 3.63) is 89.6 Å². The van der Waals surface area contributed by atoms with Crippen molar-refractivity contribution in [3.8, 4) is 34.5 Å². The number of benzene rings is 2. The van der Waals surface area contributed by atoms with Gasteiger partial charge in [-0.1, -0.05) is 60.0 Å². The van der Waals surface area contributed by atoms with Crippen LogP contribution in [0.1, 0.15) is 24.2 Å². The van der Waals surface area contributed by atoms with E-state index in [4.69, 9.17) is 21.7 Å². The Morgan fingerprint density at radius 3 is 2.49 bits per heavy atom. The number of aliphatic hydroxyl groups is 1. The molecule has 2 aromatic carbocycles. The molecule has 0 saturated heterocycles. The van der Waals surface area contributed by atoms with Gasteiger partial charge < -0.3 is 9.67 Å². The van der Waals surface area contributed by atoms with Gasteiger partial charge in [0.1, 0.15) is 6.33 Å². The fraction of sp³-hybridized carbons (Fsp3) is 0.250. The van der Waals surface area contributed by atoms with Crippen LogP contribution < -0.4 is 0 Å². The SMILES string of the molecule is O=S(=O)(CCO)CCCC#Cc1nc(-c2ccc(Cl)cc2)c(-c2ccncn2)n1CCc1ccccc1. The molecule has 0 aliphatic heterocycles. The molecule has 0 radical (unpaired) electrons. The fourth-order valence-electron chi connectivity index (χ4n) is 3.91. The molecule has 4 aromatic rings. The maximum Gasteiger partial charge on any atom is 0.186 e. The Labute approximate surface area is 222 Å². The molecule has 0 unspecified atom stereocenters. The van der Waals surface area contributed by atoms with Crippen molar-refractivity contribution in [2.24, 2.45) is 0 Å². The molecule has 4 rings (SSSR count). The second-order valence-electron chi connectivity index (χ2n) is 8.40. The maximum atomic E-state index is 11.9. The Bertz CT molecular complexity index is 1480. The van der Waals surface area contributed by atoms with Crippen LogP contribution in [-0.4, -0.2) is 51.2 Å². The summed E-state index contributed by atoms with van der Waals surface area (Å²) in [6.45, 7) is 0.255. The van der Waals surface area contributed by atoms with Crippen molar-refractivity contribution in [2.75, 3.05) is 18.1 Å². The van der Waals surface area contributed by atoms with E-state index in [1.165, 1.54) is 11.9 Å². The Balaban J connectivity index is 1.72. The predicted octanol–water partition coefficient (Wildman–Crippen LogP) is 4.44. The van der Waals surface area contributed by atoms with Crippen molar-refractivity contribution in [2.45, 2.75) is 25.8 Å². The Kier molecular flexibility index (Phi) is 9.07. The molecule has 9 heteroatoms. The lowest BCUT2D eigenvalue weighted by molar-refractivity contribution is 0.319. The maximum absolute atomic E-state index is 11.9. The number of hydrogen-bond acceptors (Lipinski definition) is 6. The van der Waals surface area contributed by atoms with Gasteiger partial charge in [0.15, 0.2) is 15.7 Å². The molecule has 0 amide bonds. The molecule has 0 aliphatic carbocycles. The van der Waals surface area contributed by atoms with Gasteiger partial charge in [0.05, 0.1) is 35.2 Å². The largest absolute Gasteiger partial charge is 0.395 e. The zero-order chi connectivity index (χ0) is 26.1. The third-order valence-electron chi connectivity index (χ3n) is 5.74. The number of rotatable bonds is 10. The number of aromatic nitrogens is 4. The lowest BCUT2D eigenvalue weighted by Crippen LogP contribution is -2.13. The molecule has 7 nitrogen and oxygen atoms in total. The van der Waals surface area contributed by atoms with Crippen LogP contribution in [0.3, 0.4) is 0 Å². The lowest BCUT2D eigenvalue weighted by Gasteiger charge is -2.11. The van der Waals surface area contributed by atoms with Crippen molar-refractivity contribution in [1.82, 2.24) is 19.5 Å². The van der Waals surface area contributed by atoms with E-state index in [2.05, 4.69) is 38.5 Å². The average molecular weight is 535 g/mol. The highest BCUT2D eigenvalue weighted by atomic mass is 35.5. The van der Waals surface area contributed by atoms with E-state index < -0.39 is 9.84 Å². The Morgan fingerprint density at radius 1 is 1.00 bits per heavy atom. The van der Waals surface area contributed by atoms with E-state index in [0.717, 1.165) is 29.1 Å². The molecular formula is C28H27ClN4O3S. The number of halogens is 1. The molecule has 0 aliphatic rings. The van der Waals surface area contributed by atoms with Crippen LogP contribution in [0, 0.1) is 11.8 Å². The van der Waals surface area contributed by atoms with Gasteiger partial charge in [-0.3, -0.25) is 0 Å². The highest BCUT2D eigenvalue weighted by Crippen LogP contribution is 2.32. The Morgan fingerprint density at radius 2 is 1.78 bits per heavy atom. The van der Waals surface area contributed by atoms with Crippen LogP contribution >= 0.6 is 11.6 Å². The van der Waals surface area contributed by atoms with Crippen molar-refractivity contribution >= 4 is 21.4 Å². The highest BCUT2D eigenvalue weighted by molar-refractivity contribution is 7.91. The number of unbranched alkanes of at least 4 members (excludes halogenated alkanes) is 1. The minimum Gasteiger partial charge on any atom is -0.395 e. The second kappa shape index (κ2) is 12.6. The van der Waals surface area contributed by atoms with E-state index in [1.807, 2.05) is 48.5 Å². The summed E-state index contributed by atoms with van der Waals surface area (Å²) in [6.07, 6.45) is 4.76. The second-order valence-corrected chi connectivity index (χ2v) is 11.1. The number of aryl methyl sites for hydroxylation is 1. The van der Waals surface area contributed by atoms with Crippen LogP contribution in [0.4, 0.5) is 0 Å². The van der Waals surface area contributed by atoms with Gasteiger partial charge in [-0.2, -0.15) is 0 Å². The average Bonchev–Trinajstić information content (AvgIpc) is 3.27. The molecule has 0 saturated carbocycles. The quantitative estimate of drug-likeness (QED) is 0.238.